The molecule has 19 heavy (non-hydrogen) atoms. The molecular formula is C15H23NO3. The minimum Gasteiger partial charge on any atom is -0.497 e. The van der Waals surface area contributed by atoms with E-state index in [1.165, 1.54) is 5.56 Å². The molecule has 0 aliphatic carbocycles. The monoisotopic (exact) mass is 265 g/mol. The average Bonchev–Trinajstić information content (AvgIpc) is 2.40. The van der Waals surface area contributed by atoms with Crippen LogP contribution in [0.4, 0.5) is 0 Å². The van der Waals surface area contributed by atoms with Crippen LogP contribution in [0.15, 0.2) is 24.3 Å². The normalized spacial score (nSPS) is 16.9. The van der Waals surface area contributed by atoms with Crippen LogP contribution in [0.5, 0.6) is 5.75 Å². The summed E-state index contributed by atoms with van der Waals surface area (Å²) >= 11 is 0. The van der Waals surface area contributed by atoms with Gasteiger partial charge in [-0.05, 0) is 30.7 Å². The lowest BCUT2D eigenvalue weighted by Crippen LogP contribution is -2.38. The van der Waals surface area contributed by atoms with Crippen LogP contribution in [0.25, 0.3) is 0 Å². The second-order valence-corrected chi connectivity index (χ2v) is 4.78. The zero-order valence-corrected chi connectivity index (χ0v) is 11.7. The number of ether oxygens (including phenoxy) is 3. The second kappa shape index (κ2) is 7.48. The molecule has 1 atom stereocenters. The molecule has 1 aromatic rings. The molecule has 0 spiro atoms. The third-order valence-electron chi connectivity index (χ3n) is 3.24. The van der Waals surface area contributed by atoms with Crippen LogP contribution in [0.2, 0.25) is 0 Å². The molecule has 1 fully saturated rings. The van der Waals surface area contributed by atoms with Crippen LogP contribution in [-0.4, -0.2) is 39.6 Å². The molecule has 1 saturated heterocycles. The molecule has 1 heterocycles. The molecule has 1 N–H and O–H groups in total. The standard InChI is InChI=1S/C15H23NO3/c1-3-7-16-15(11-19-14-9-18-10-14)12-5-4-6-13(8-12)17-2/h4-6,8,14-16H,3,7,9-11H2,1-2H3. The van der Waals surface area contributed by atoms with Crippen LogP contribution in [0, 0.1) is 0 Å². The Balaban J connectivity index is 1.97. The minimum absolute atomic E-state index is 0.204. The molecule has 4 heteroatoms. The zero-order chi connectivity index (χ0) is 13.5. The van der Waals surface area contributed by atoms with Gasteiger partial charge in [-0.3, -0.25) is 0 Å². The number of nitrogens with one attached hydrogen (secondary N) is 1. The Kier molecular flexibility index (Phi) is 5.63. The van der Waals surface area contributed by atoms with Gasteiger partial charge in [0.05, 0.1) is 33.0 Å². The van der Waals surface area contributed by atoms with Gasteiger partial charge in [-0.25, -0.2) is 0 Å². The van der Waals surface area contributed by atoms with Crippen molar-refractivity contribution in [2.45, 2.75) is 25.5 Å². The fourth-order valence-electron chi connectivity index (χ4n) is 1.99. The summed E-state index contributed by atoms with van der Waals surface area (Å²) in [7, 11) is 1.69. The van der Waals surface area contributed by atoms with Crippen molar-refractivity contribution in [3.05, 3.63) is 29.8 Å². The molecule has 0 bridgehead atoms. The summed E-state index contributed by atoms with van der Waals surface area (Å²) in [5.74, 6) is 0.882. The van der Waals surface area contributed by atoms with Crippen molar-refractivity contribution in [1.29, 1.82) is 0 Å². The highest BCUT2D eigenvalue weighted by atomic mass is 16.6. The molecule has 106 valence electrons. The van der Waals surface area contributed by atoms with Crippen LogP contribution < -0.4 is 10.1 Å². The van der Waals surface area contributed by atoms with Gasteiger partial charge < -0.3 is 19.5 Å². The molecule has 0 aromatic heterocycles. The zero-order valence-electron chi connectivity index (χ0n) is 11.7. The highest BCUT2D eigenvalue weighted by molar-refractivity contribution is 5.30. The molecular weight excluding hydrogens is 242 g/mol. The molecule has 4 nitrogen and oxygen atoms in total. The van der Waals surface area contributed by atoms with Crippen molar-refractivity contribution in [3.63, 3.8) is 0 Å². The summed E-state index contributed by atoms with van der Waals surface area (Å²) in [5.41, 5.74) is 1.20. The van der Waals surface area contributed by atoms with Crippen molar-refractivity contribution >= 4 is 0 Å². The highest BCUT2D eigenvalue weighted by Gasteiger charge is 2.21. The summed E-state index contributed by atoms with van der Waals surface area (Å²) in [6.45, 7) is 5.25. The van der Waals surface area contributed by atoms with E-state index in [0.717, 1.165) is 31.9 Å². The second-order valence-electron chi connectivity index (χ2n) is 4.78. The lowest BCUT2D eigenvalue weighted by atomic mass is 10.1. The Bertz CT molecular complexity index is 379. The van der Waals surface area contributed by atoms with Gasteiger partial charge in [-0.15, -0.1) is 0 Å². The third kappa shape index (κ3) is 4.20. The summed E-state index contributed by atoms with van der Waals surface area (Å²) in [5, 5.41) is 3.52. The lowest BCUT2D eigenvalue weighted by Gasteiger charge is -2.28. The van der Waals surface area contributed by atoms with E-state index < -0.39 is 0 Å². The van der Waals surface area contributed by atoms with Gasteiger partial charge in [0.25, 0.3) is 0 Å². The van der Waals surface area contributed by atoms with Gasteiger partial charge >= 0.3 is 0 Å². The molecule has 0 radical (unpaired) electrons. The number of benzene rings is 1. The molecule has 1 unspecified atom stereocenters. The maximum atomic E-state index is 5.84. The Hall–Kier alpha value is -1.10. The largest absolute Gasteiger partial charge is 0.497 e. The number of hydrogen-bond donors (Lipinski definition) is 1. The Labute approximate surface area is 115 Å². The number of rotatable bonds is 8. The Morgan fingerprint density at radius 1 is 1.42 bits per heavy atom. The van der Waals surface area contributed by atoms with Gasteiger partial charge in [0.1, 0.15) is 11.9 Å². The molecule has 0 saturated carbocycles. The van der Waals surface area contributed by atoms with E-state index in [1.807, 2.05) is 12.1 Å². The van der Waals surface area contributed by atoms with E-state index in [-0.39, 0.29) is 12.1 Å². The molecule has 1 aliphatic rings. The maximum Gasteiger partial charge on any atom is 0.119 e. The van der Waals surface area contributed by atoms with Gasteiger partial charge in [0.15, 0.2) is 0 Å². The van der Waals surface area contributed by atoms with Gasteiger partial charge in [0, 0.05) is 0 Å². The molecule has 0 amide bonds. The van der Waals surface area contributed by atoms with E-state index in [4.69, 9.17) is 14.2 Å². The first-order valence-electron chi connectivity index (χ1n) is 6.90. The van der Waals surface area contributed by atoms with Gasteiger partial charge in [-0.2, -0.15) is 0 Å². The molecule has 2 rings (SSSR count). The van der Waals surface area contributed by atoms with Gasteiger partial charge in [0.2, 0.25) is 0 Å². The van der Waals surface area contributed by atoms with Crippen molar-refractivity contribution < 1.29 is 14.2 Å². The molecule has 1 aliphatic heterocycles. The fraction of sp³-hybridized carbons (Fsp3) is 0.600. The highest BCUT2D eigenvalue weighted by Crippen LogP contribution is 2.20. The van der Waals surface area contributed by atoms with Crippen LogP contribution >= 0.6 is 0 Å². The van der Waals surface area contributed by atoms with Crippen LogP contribution in [0.1, 0.15) is 24.9 Å². The van der Waals surface area contributed by atoms with Crippen LogP contribution in [-0.2, 0) is 9.47 Å². The van der Waals surface area contributed by atoms with E-state index in [0.29, 0.717) is 6.61 Å². The van der Waals surface area contributed by atoms with E-state index in [1.54, 1.807) is 7.11 Å². The number of hydrogen-bond acceptors (Lipinski definition) is 4. The smallest absolute Gasteiger partial charge is 0.119 e. The quantitative estimate of drug-likeness (QED) is 0.782. The van der Waals surface area contributed by atoms with E-state index in [2.05, 4.69) is 24.4 Å². The topological polar surface area (TPSA) is 39.7 Å². The van der Waals surface area contributed by atoms with Crippen molar-refractivity contribution in [3.8, 4) is 5.75 Å². The van der Waals surface area contributed by atoms with Crippen LogP contribution in [0.3, 0.4) is 0 Å². The van der Waals surface area contributed by atoms with E-state index >= 15 is 0 Å². The summed E-state index contributed by atoms with van der Waals surface area (Å²) in [6, 6.07) is 8.35. The SMILES string of the molecule is CCCNC(COC1COC1)c1cccc(OC)c1. The predicted molar refractivity (Wildman–Crippen MR) is 74.6 cm³/mol. The predicted octanol–water partition coefficient (Wildman–Crippen LogP) is 2.15. The Morgan fingerprint density at radius 2 is 2.26 bits per heavy atom. The van der Waals surface area contributed by atoms with Crippen molar-refractivity contribution in [2.24, 2.45) is 0 Å². The van der Waals surface area contributed by atoms with Crippen molar-refractivity contribution in [1.82, 2.24) is 5.32 Å². The fourth-order valence-corrected chi connectivity index (χ4v) is 1.99. The average molecular weight is 265 g/mol. The Morgan fingerprint density at radius 3 is 2.89 bits per heavy atom. The van der Waals surface area contributed by atoms with Gasteiger partial charge in [-0.1, -0.05) is 19.1 Å². The van der Waals surface area contributed by atoms with Crippen molar-refractivity contribution in [2.75, 3.05) is 33.5 Å². The first kappa shape index (κ1) is 14.3. The summed E-state index contributed by atoms with van der Waals surface area (Å²) in [4.78, 5) is 0. The minimum atomic E-state index is 0.204. The lowest BCUT2D eigenvalue weighted by molar-refractivity contribution is -0.133. The number of methoxy groups -OCH3 is 1. The maximum absolute atomic E-state index is 5.84. The summed E-state index contributed by atoms with van der Waals surface area (Å²) < 4.78 is 16.2. The van der Waals surface area contributed by atoms with E-state index in [9.17, 15) is 0 Å². The molecule has 1 aromatic carbocycles. The summed E-state index contributed by atoms with van der Waals surface area (Å²) in [6.07, 6.45) is 1.36. The third-order valence-corrected chi connectivity index (χ3v) is 3.24. The first-order valence-corrected chi connectivity index (χ1v) is 6.90. The first-order chi connectivity index (χ1) is 9.33.